The Morgan fingerprint density at radius 2 is 1.67 bits per heavy atom. The van der Waals surface area contributed by atoms with Gasteiger partial charge in [-0.25, -0.2) is 4.98 Å². The summed E-state index contributed by atoms with van der Waals surface area (Å²) in [5.41, 5.74) is 3.44. The van der Waals surface area contributed by atoms with Crippen molar-refractivity contribution in [1.29, 1.82) is 0 Å². The molecule has 0 aliphatic heterocycles. The van der Waals surface area contributed by atoms with Crippen LogP contribution in [0.25, 0.3) is 0 Å². The molecule has 2 unspecified atom stereocenters. The van der Waals surface area contributed by atoms with Crippen molar-refractivity contribution < 1.29 is 9.47 Å². The summed E-state index contributed by atoms with van der Waals surface area (Å²) in [5.74, 6) is 1.90. The fraction of sp³-hybridized carbons (Fsp3) is 0.643. The van der Waals surface area contributed by atoms with Crippen molar-refractivity contribution in [1.82, 2.24) is 9.97 Å². The topological polar surface area (TPSA) is 47.5 Å². The highest BCUT2D eigenvalue weighted by Crippen LogP contribution is 2.46. The maximum atomic E-state index is 6.44. The molecule has 0 saturated carbocycles. The highest BCUT2D eigenvalue weighted by Gasteiger charge is 2.47. The van der Waals surface area contributed by atoms with Gasteiger partial charge in [0.2, 0.25) is 0 Å². The molecule has 0 saturated heterocycles. The second kappa shape index (κ2) is 12.9. The highest BCUT2D eigenvalue weighted by molar-refractivity contribution is 5.54. The number of benzene rings is 1. The van der Waals surface area contributed by atoms with Gasteiger partial charge in [-0.1, -0.05) is 40.7 Å². The lowest BCUT2D eigenvalue weighted by molar-refractivity contribution is 0.00623. The van der Waals surface area contributed by atoms with Crippen LogP contribution in [0, 0.1) is 0 Å². The average molecular weight is 456 g/mol. The first-order valence-corrected chi connectivity index (χ1v) is 12.9. The van der Waals surface area contributed by atoms with Crippen LogP contribution in [0.5, 0.6) is 5.75 Å². The van der Waals surface area contributed by atoms with Gasteiger partial charge < -0.3 is 14.4 Å². The SMILES string of the molecule is CCOc1cc(CC)cc(C(CC)(C(C)OCC)N(c2cnccn2)C(CC)CC)c1CC. The van der Waals surface area contributed by atoms with Gasteiger partial charge in [-0.05, 0) is 75.6 Å². The molecule has 1 heterocycles. The Morgan fingerprint density at radius 3 is 2.15 bits per heavy atom. The van der Waals surface area contributed by atoms with Crippen LogP contribution < -0.4 is 9.64 Å². The maximum absolute atomic E-state index is 6.44. The third-order valence-corrected chi connectivity index (χ3v) is 6.96. The molecule has 0 aliphatic carbocycles. The molecule has 5 nitrogen and oxygen atoms in total. The first-order valence-electron chi connectivity index (χ1n) is 12.9. The Bertz CT molecular complexity index is 839. The maximum Gasteiger partial charge on any atom is 0.148 e. The molecule has 0 spiro atoms. The largest absolute Gasteiger partial charge is 0.494 e. The van der Waals surface area contributed by atoms with E-state index in [1.807, 2.05) is 6.20 Å². The standard InChI is InChI=1S/C28H45N3O2/c1-9-22-18-25(24(12-4)26(19-22)33-15-7)28(13-5,21(8)32-14-6)31(23(10-2)11-3)27-20-29-16-17-30-27/h16-21,23H,9-15H2,1-8H3. The molecule has 0 radical (unpaired) electrons. The van der Waals surface area contributed by atoms with Crippen molar-refractivity contribution in [3.63, 3.8) is 0 Å². The van der Waals surface area contributed by atoms with Crippen LogP contribution in [0.1, 0.15) is 91.3 Å². The van der Waals surface area contributed by atoms with Gasteiger partial charge in [-0.3, -0.25) is 4.98 Å². The van der Waals surface area contributed by atoms with Gasteiger partial charge in [-0.15, -0.1) is 0 Å². The van der Waals surface area contributed by atoms with Crippen LogP contribution in [-0.2, 0) is 23.1 Å². The number of hydrogen-bond donors (Lipinski definition) is 0. The highest BCUT2D eigenvalue weighted by atomic mass is 16.5. The lowest BCUT2D eigenvalue weighted by atomic mass is 9.75. The van der Waals surface area contributed by atoms with E-state index >= 15 is 0 Å². The lowest BCUT2D eigenvalue weighted by Gasteiger charge is -2.52. The Hall–Kier alpha value is -2.14. The quantitative estimate of drug-likeness (QED) is 0.316. The van der Waals surface area contributed by atoms with Crippen LogP contribution in [0.3, 0.4) is 0 Å². The van der Waals surface area contributed by atoms with Gasteiger partial charge in [0, 0.05) is 25.0 Å². The summed E-state index contributed by atoms with van der Waals surface area (Å²) >= 11 is 0. The number of ether oxygens (including phenoxy) is 2. The molecule has 2 rings (SSSR count). The van der Waals surface area contributed by atoms with E-state index in [2.05, 4.69) is 77.4 Å². The van der Waals surface area contributed by atoms with E-state index in [9.17, 15) is 0 Å². The van der Waals surface area contributed by atoms with E-state index < -0.39 is 5.54 Å². The van der Waals surface area contributed by atoms with Gasteiger partial charge in [0.1, 0.15) is 11.6 Å². The zero-order valence-corrected chi connectivity index (χ0v) is 22.1. The third-order valence-electron chi connectivity index (χ3n) is 6.96. The summed E-state index contributed by atoms with van der Waals surface area (Å²) < 4.78 is 12.6. The van der Waals surface area contributed by atoms with Crippen LogP contribution >= 0.6 is 0 Å². The molecule has 0 fully saturated rings. The first-order chi connectivity index (χ1) is 16.0. The molecule has 0 amide bonds. The number of nitrogens with zero attached hydrogens (tertiary/aromatic N) is 3. The molecular formula is C28H45N3O2. The molecule has 1 aromatic heterocycles. The van der Waals surface area contributed by atoms with E-state index in [1.54, 1.807) is 12.4 Å². The van der Waals surface area contributed by atoms with Crippen molar-refractivity contribution in [2.45, 2.75) is 105 Å². The molecule has 184 valence electrons. The predicted octanol–water partition coefficient (Wildman–Crippen LogP) is 6.73. The first kappa shape index (κ1) is 27.1. The smallest absolute Gasteiger partial charge is 0.148 e. The fourth-order valence-electron chi connectivity index (χ4n) is 5.31. The minimum absolute atomic E-state index is 0.0537. The lowest BCUT2D eigenvalue weighted by Crippen LogP contribution is -2.58. The van der Waals surface area contributed by atoms with Gasteiger partial charge in [0.25, 0.3) is 0 Å². The Labute approximate surface area is 201 Å². The zero-order chi connectivity index (χ0) is 24.4. The average Bonchev–Trinajstić information content (AvgIpc) is 2.85. The molecular weight excluding hydrogens is 410 g/mol. The van der Waals surface area contributed by atoms with Gasteiger partial charge in [0.05, 0.1) is 24.4 Å². The molecule has 0 bridgehead atoms. The number of aromatic nitrogens is 2. The van der Waals surface area contributed by atoms with Crippen molar-refractivity contribution >= 4 is 5.82 Å². The Morgan fingerprint density at radius 1 is 0.939 bits per heavy atom. The van der Waals surface area contributed by atoms with E-state index in [-0.39, 0.29) is 6.10 Å². The summed E-state index contributed by atoms with van der Waals surface area (Å²) in [4.78, 5) is 11.8. The second-order valence-electron chi connectivity index (χ2n) is 8.54. The van der Waals surface area contributed by atoms with Crippen molar-refractivity contribution in [2.75, 3.05) is 18.1 Å². The summed E-state index contributed by atoms with van der Waals surface area (Å²) in [6.45, 7) is 18.9. The normalized spacial score (nSPS) is 14.2. The van der Waals surface area contributed by atoms with Crippen molar-refractivity contribution in [3.05, 3.63) is 47.4 Å². The molecule has 33 heavy (non-hydrogen) atoms. The second-order valence-corrected chi connectivity index (χ2v) is 8.54. The summed E-state index contributed by atoms with van der Waals surface area (Å²) in [6.07, 6.45) is 10.2. The van der Waals surface area contributed by atoms with Crippen molar-refractivity contribution in [3.8, 4) is 5.75 Å². The van der Waals surface area contributed by atoms with Crippen LogP contribution in [0.15, 0.2) is 30.7 Å². The van der Waals surface area contributed by atoms with Crippen LogP contribution in [0.2, 0.25) is 0 Å². The Kier molecular flexibility index (Phi) is 10.6. The van der Waals surface area contributed by atoms with Gasteiger partial charge in [0.15, 0.2) is 0 Å². The van der Waals surface area contributed by atoms with E-state index in [0.29, 0.717) is 19.3 Å². The number of rotatable bonds is 14. The van der Waals surface area contributed by atoms with Crippen molar-refractivity contribution in [2.24, 2.45) is 0 Å². The summed E-state index contributed by atoms with van der Waals surface area (Å²) in [7, 11) is 0. The molecule has 2 aromatic rings. The molecule has 0 aliphatic rings. The van der Waals surface area contributed by atoms with Gasteiger partial charge in [-0.2, -0.15) is 0 Å². The molecule has 1 aromatic carbocycles. The number of aryl methyl sites for hydroxylation is 1. The summed E-state index contributed by atoms with van der Waals surface area (Å²) in [5, 5.41) is 0. The van der Waals surface area contributed by atoms with E-state index in [1.165, 1.54) is 16.7 Å². The fourth-order valence-corrected chi connectivity index (χ4v) is 5.31. The zero-order valence-electron chi connectivity index (χ0n) is 22.1. The van der Waals surface area contributed by atoms with Crippen LogP contribution in [-0.4, -0.2) is 35.3 Å². The van der Waals surface area contributed by atoms with Gasteiger partial charge >= 0.3 is 0 Å². The monoisotopic (exact) mass is 455 g/mol. The molecule has 2 atom stereocenters. The summed E-state index contributed by atoms with van der Waals surface area (Å²) in [6, 6.07) is 4.92. The Balaban J connectivity index is 2.99. The number of hydrogen-bond acceptors (Lipinski definition) is 5. The van der Waals surface area contributed by atoms with E-state index in [0.717, 1.165) is 43.7 Å². The number of anilines is 1. The third kappa shape index (κ3) is 5.51. The molecule has 0 N–H and O–H groups in total. The van der Waals surface area contributed by atoms with Crippen LogP contribution in [0.4, 0.5) is 5.82 Å². The predicted molar refractivity (Wildman–Crippen MR) is 138 cm³/mol. The minimum atomic E-state index is -0.412. The minimum Gasteiger partial charge on any atom is -0.494 e. The van der Waals surface area contributed by atoms with E-state index in [4.69, 9.17) is 14.5 Å². The molecule has 5 heteroatoms.